The van der Waals surface area contributed by atoms with Crippen LogP contribution in [0.25, 0.3) is 0 Å². The van der Waals surface area contributed by atoms with Crippen molar-refractivity contribution in [1.29, 1.82) is 0 Å². The molecule has 3 heterocycles. The number of hydrogen-bond acceptors (Lipinski definition) is 7. The van der Waals surface area contributed by atoms with Gasteiger partial charge in [-0.3, -0.25) is 4.90 Å². The van der Waals surface area contributed by atoms with Crippen LogP contribution in [-0.2, 0) is 22.4 Å². The normalized spacial score (nSPS) is 22.4. The lowest BCUT2D eigenvalue weighted by atomic mass is 10.1. The number of ether oxygens (including phenoxy) is 2. The first-order valence-corrected chi connectivity index (χ1v) is 8.73. The van der Waals surface area contributed by atoms with Crippen molar-refractivity contribution in [3.05, 3.63) is 17.6 Å². The summed E-state index contributed by atoms with van der Waals surface area (Å²) < 4.78 is 11.1. The van der Waals surface area contributed by atoms with E-state index >= 15 is 0 Å². The number of β-amino-alcohol motifs (C(OH)–C–C–N with tert-alkyl or cyclic N) is 1. The summed E-state index contributed by atoms with van der Waals surface area (Å²) in [6.45, 7) is 4.05. The number of nitrogens with zero attached hydrogens (tertiary/aromatic N) is 4. The minimum Gasteiger partial charge on any atom is -0.389 e. The summed E-state index contributed by atoms with van der Waals surface area (Å²) in [5, 5.41) is 10.3. The molecule has 2 aliphatic rings. The molecule has 0 amide bonds. The third kappa shape index (κ3) is 4.42. The third-order valence-electron chi connectivity index (χ3n) is 4.59. The van der Waals surface area contributed by atoms with Crippen molar-refractivity contribution in [3.63, 3.8) is 0 Å². The molecule has 0 aliphatic carbocycles. The van der Waals surface area contributed by atoms with Gasteiger partial charge >= 0.3 is 0 Å². The molecule has 7 nitrogen and oxygen atoms in total. The fraction of sp³-hybridized carbons (Fsp3) is 0.765. The van der Waals surface area contributed by atoms with Gasteiger partial charge < -0.3 is 19.5 Å². The van der Waals surface area contributed by atoms with Crippen LogP contribution in [-0.4, -0.2) is 79.2 Å². The Morgan fingerprint density at radius 3 is 3.08 bits per heavy atom. The first kappa shape index (κ1) is 17.5. The molecule has 0 bridgehead atoms. The summed E-state index contributed by atoms with van der Waals surface area (Å²) in [5.74, 6) is 0.967. The fourth-order valence-electron chi connectivity index (χ4n) is 3.39. The van der Waals surface area contributed by atoms with Crippen molar-refractivity contribution in [1.82, 2.24) is 14.9 Å². The average Bonchev–Trinajstić information content (AvgIpc) is 3.07. The number of anilines is 1. The Labute approximate surface area is 143 Å². The number of rotatable bonds is 7. The second kappa shape index (κ2) is 8.20. The largest absolute Gasteiger partial charge is 0.389 e. The molecule has 1 saturated heterocycles. The van der Waals surface area contributed by atoms with Gasteiger partial charge in [-0.05, 0) is 12.8 Å². The highest BCUT2D eigenvalue weighted by Crippen LogP contribution is 2.24. The molecular formula is C17H28N4O3. The molecule has 2 aliphatic heterocycles. The van der Waals surface area contributed by atoms with Crippen molar-refractivity contribution in [3.8, 4) is 0 Å². The second-order valence-corrected chi connectivity index (χ2v) is 6.83. The molecule has 0 radical (unpaired) electrons. The number of aromatic nitrogens is 2. The van der Waals surface area contributed by atoms with Gasteiger partial charge in [0.05, 0.1) is 31.1 Å². The van der Waals surface area contributed by atoms with Gasteiger partial charge in [-0.15, -0.1) is 0 Å². The average molecular weight is 336 g/mol. The van der Waals surface area contributed by atoms with E-state index in [9.17, 15) is 5.11 Å². The molecule has 0 saturated carbocycles. The lowest BCUT2D eigenvalue weighted by Crippen LogP contribution is -2.39. The van der Waals surface area contributed by atoms with E-state index in [-0.39, 0.29) is 6.10 Å². The van der Waals surface area contributed by atoms with Crippen molar-refractivity contribution >= 4 is 5.82 Å². The van der Waals surface area contributed by atoms with Crippen molar-refractivity contribution in [2.45, 2.75) is 38.0 Å². The highest BCUT2D eigenvalue weighted by Gasteiger charge is 2.23. The molecule has 1 aromatic rings. The smallest absolute Gasteiger partial charge is 0.136 e. The molecule has 0 unspecified atom stereocenters. The number of aliphatic hydroxyl groups excluding tert-OH is 1. The van der Waals surface area contributed by atoms with E-state index in [4.69, 9.17) is 9.47 Å². The predicted molar refractivity (Wildman–Crippen MR) is 91.1 cm³/mol. The molecule has 2 atom stereocenters. The zero-order chi connectivity index (χ0) is 16.9. The summed E-state index contributed by atoms with van der Waals surface area (Å²) in [7, 11) is 3.99. The van der Waals surface area contributed by atoms with Gasteiger partial charge in [0.1, 0.15) is 12.1 Å². The van der Waals surface area contributed by atoms with Crippen LogP contribution < -0.4 is 4.90 Å². The lowest BCUT2D eigenvalue weighted by Gasteiger charge is -2.31. The van der Waals surface area contributed by atoms with E-state index in [2.05, 4.69) is 14.9 Å². The minimum absolute atomic E-state index is 0.207. The molecule has 1 fully saturated rings. The monoisotopic (exact) mass is 336 g/mol. The van der Waals surface area contributed by atoms with Gasteiger partial charge in [0, 0.05) is 52.3 Å². The van der Waals surface area contributed by atoms with E-state index in [1.165, 1.54) is 5.56 Å². The van der Waals surface area contributed by atoms with Crippen molar-refractivity contribution in [2.24, 2.45) is 0 Å². The summed E-state index contributed by atoms with van der Waals surface area (Å²) in [4.78, 5) is 13.1. The fourth-order valence-corrected chi connectivity index (χ4v) is 3.39. The molecule has 24 heavy (non-hydrogen) atoms. The van der Waals surface area contributed by atoms with Crippen LogP contribution in [0.4, 0.5) is 5.82 Å². The molecule has 0 spiro atoms. The minimum atomic E-state index is -0.486. The highest BCUT2D eigenvalue weighted by atomic mass is 16.5. The van der Waals surface area contributed by atoms with Crippen LogP contribution in [0, 0.1) is 0 Å². The Balaban J connectivity index is 1.48. The molecule has 134 valence electrons. The number of aliphatic hydroxyl groups is 1. The third-order valence-corrected chi connectivity index (χ3v) is 4.59. The molecule has 7 heteroatoms. The van der Waals surface area contributed by atoms with Crippen LogP contribution in [0.5, 0.6) is 0 Å². The van der Waals surface area contributed by atoms with E-state index < -0.39 is 6.10 Å². The van der Waals surface area contributed by atoms with Crippen LogP contribution in [0.3, 0.4) is 0 Å². The molecule has 1 N–H and O–H groups in total. The van der Waals surface area contributed by atoms with Gasteiger partial charge in [0.15, 0.2) is 0 Å². The second-order valence-electron chi connectivity index (χ2n) is 6.83. The lowest BCUT2D eigenvalue weighted by molar-refractivity contribution is -0.0261. The topological polar surface area (TPSA) is 71.0 Å². The molecular weight excluding hydrogens is 308 g/mol. The molecule has 0 aromatic carbocycles. The summed E-state index contributed by atoms with van der Waals surface area (Å²) in [6.07, 6.45) is 4.42. The van der Waals surface area contributed by atoms with Crippen LogP contribution in [0.1, 0.15) is 24.1 Å². The van der Waals surface area contributed by atoms with Crippen molar-refractivity contribution < 1.29 is 14.6 Å². The summed E-state index contributed by atoms with van der Waals surface area (Å²) in [5.41, 5.74) is 2.29. The van der Waals surface area contributed by atoms with Gasteiger partial charge in [0.2, 0.25) is 0 Å². The predicted octanol–water partition coefficient (Wildman–Crippen LogP) is 0.457. The van der Waals surface area contributed by atoms with Crippen LogP contribution in [0.15, 0.2) is 6.33 Å². The zero-order valence-corrected chi connectivity index (χ0v) is 14.6. The first-order chi connectivity index (χ1) is 11.6. The van der Waals surface area contributed by atoms with Gasteiger partial charge in [-0.1, -0.05) is 0 Å². The summed E-state index contributed by atoms with van der Waals surface area (Å²) in [6, 6.07) is 0. The van der Waals surface area contributed by atoms with E-state index in [0.717, 1.165) is 50.5 Å². The standard InChI is InChI=1S/C17H28N4O3/c1-20(2)17-15-9-21(6-5-16(15)18-12-19-17)8-13(22)10-23-11-14-4-3-7-24-14/h12-14,22H,3-11H2,1-2H3/t13-,14-/m0/s1. The van der Waals surface area contributed by atoms with E-state index in [1.807, 2.05) is 19.0 Å². The van der Waals surface area contributed by atoms with Crippen LogP contribution in [0.2, 0.25) is 0 Å². The van der Waals surface area contributed by atoms with E-state index in [1.54, 1.807) is 6.33 Å². The maximum atomic E-state index is 10.3. The Morgan fingerprint density at radius 1 is 1.46 bits per heavy atom. The zero-order valence-electron chi connectivity index (χ0n) is 14.6. The number of hydrogen-bond donors (Lipinski definition) is 1. The van der Waals surface area contributed by atoms with Gasteiger partial charge in [-0.2, -0.15) is 0 Å². The quantitative estimate of drug-likeness (QED) is 0.775. The maximum absolute atomic E-state index is 10.3. The maximum Gasteiger partial charge on any atom is 0.136 e. The molecule has 1 aromatic heterocycles. The Morgan fingerprint density at radius 2 is 2.33 bits per heavy atom. The Kier molecular flexibility index (Phi) is 5.99. The molecule has 3 rings (SSSR count). The first-order valence-electron chi connectivity index (χ1n) is 8.73. The summed E-state index contributed by atoms with van der Waals surface area (Å²) >= 11 is 0. The van der Waals surface area contributed by atoms with Crippen LogP contribution >= 0.6 is 0 Å². The Bertz CT molecular complexity index is 535. The number of fused-ring (bicyclic) bond motifs is 1. The Hall–Kier alpha value is -1.28. The SMILES string of the molecule is CN(C)c1ncnc2c1CN(C[C@H](O)COC[C@@H]1CCCO1)CC2. The van der Waals surface area contributed by atoms with Gasteiger partial charge in [0.25, 0.3) is 0 Å². The van der Waals surface area contributed by atoms with Crippen molar-refractivity contribution in [2.75, 3.05) is 51.9 Å². The highest BCUT2D eigenvalue weighted by molar-refractivity contribution is 5.48. The van der Waals surface area contributed by atoms with Gasteiger partial charge in [-0.25, -0.2) is 9.97 Å². The van der Waals surface area contributed by atoms with E-state index in [0.29, 0.717) is 19.8 Å².